The molecular weight excluding hydrogens is 496 g/mol. The molecular formula is C31H48N2O6. The SMILES string of the molecule is C=CCCOC(=O)[C@@H]1[C@H]2C(=O)N(CCCCCCO)C(C(=O)N(CC=C)C3CCCCC3)C23CC(C)[C@@]1(C)O3. The van der Waals surface area contributed by atoms with Crippen LogP contribution in [0.2, 0.25) is 0 Å². The van der Waals surface area contributed by atoms with Gasteiger partial charge < -0.3 is 24.4 Å². The molecule has 6 atom stereocenters. The maximum Gasteiger partial charge on any atom is 0.312 e. The number of hydrogen-bond acceptors (Lipinski definition) is 6. The molecule has 1 spiro atoms. The first-order valence-corrected chi connectivity index (χ1v) is 15.1. The Hall–Kier alpha value is -2.19. The first kappa shape index (κ1) is 29.8. The third-order valence-electron chi connectivity index (χ3n) is 9.80. The molecule has 8 heteroatoms. The molecule has 0 aromatic carbocycles. The second kappa shape index (κ2) is 12.5. The molecule has 0 aromatic rings. The van der Waals surface area contributed by atoms with E-state index < -0.39 is 35.0 Å². The van der Waals surface area contributed by atoms with E-state index in [9.17, 15) is 14.4 Å². The van der Waals surface area contributed by atoms with Gasteiger partial charge in [0.25, 0.3) is 0 Å². The van der Waals surface area contributed by atoms with Gasteiger partial charge in [0.15, 0.2) is 0 Å². The number of likely N-dealkylation sites (tertiary alicyclic amines) is 1. The molecule has 4 rings (SSSR count). The second-order valence-electron chi connectivity index (χ2n) is 12.2. The van der Waals surface area contributed by atoms with E-state index in [1.54, 1.807) is 17.1 Å². The number of aliphatic hydroxyl groups excluding tert-OH is 1. The molecule has 8 nitrogen and oxygen atoms in total. The molecule has 1 saturated carbocycles. The van der Waals surface area contributed by atoms with Gasteiger partial charge >= 0.3 is 5.97 Å². The van der Waals surface area contributed by atoms with Crippen molar-refractivity contribution in [2.24, 2.45) is 17.8 Å². The van der Waals surface area contributed by atoms with Crippen molar-refractivity contribution in [2.45, 2.75) is 108 Å². The summed E-state index contributed by atoms with van der Waals surface area (Å²) in [5, 5.41) is 9.17. The lowest BCUT2D eigenvalue weighted by Gasteiger charge is -2.41. The van der Waals surface area contributed by atoms with Crippen molar-refractivity contribution in [1.82, 2.24) is 9.80 Å². The van der Waals surface area contributed by atoms with E-state index in [-0.39, 0.29) is 37.0 Å². The lowest BCUT2D eigenvalue weighted by atomic mass is 9.62. The quantitative estimate of drug-likeness (QED) is 0.202. The summed E-state index contributed by atoms with van der Waals surface area (Å²) in [6.07, 6.45) is 13.0. The minimum Gasteiger partial charge on any atom is -0.465 e. The lowest BCUT2D eigenvalue weighted by molar-refractivity contribution is -0.162. The predicted molar refractivity (Wildman–Crippen MR) is 149 cm³/mol. The number of unbranched alkanes of at least 4 members (excludes halogenated alkanes) is 3. The van der Waals surface area contributed by atoms with E-state index in [0.717, 1.165) is 51.4 Å². The molecule has 0 aromatic heterocycles. The molecule has 3 saturated heterocycles. The van der Waals surface area contributed by atoms with Crippen LogP contribution in [0, 0.1) is 17.8 Å². The molecule has 1 aliphatic carbocycles. The average molecular weight is 545 g/mol. The van der Waals surface area contributed by atoms with E-state index in [1.807, 2.05) is 11.8 Å². The number of rotatable bonds is 14. The Kier molecular flexibility index (Phi) is 9.58. The number of amides is 2. The molecule has 3 unspecified atom stereocenters. The third-order valence-corrected chi connectivity index (χ3v) is 9.80. The van der Waals surface area contributed by atoms with Crippen LogP contribution in [-0.2, 0) is 23.9 Å². The maximum absolute atomic E-state index is 14.6. The summed E-state index contributed by atoms with van der Waals surface area (Å²) in [5.41, 5.74) is -1.92. The Bertz CT molecular complexity index is 932. The Morgan fingerprint density at radius 1 is 1.15 bits per heavy atom. The number of carbonyl (C=O) groups is 3. The van der Waals surface area contributed by atoms with Gasteiger partial charge in [0.2, 0.25) is 11.8 Å². The third kappa shape index (κ3) is 5.31. The molecule has 1 N–H and O–H groups in total. The maximum atomic E-state index is 14.6. The van der Waals surface area contributed by atoms with Crippen molar-refractivity contribution in [1.29, 1.82) is 0 Å². The van der Waals surface area contributed by atoms with E-state index in [2.05, 4.69) is 20.1 Å². The van der Waals surface area contributed by atoms with Crippen LogP contribution in [0.5, 0.6) is 0 Å². The Labute approximate surface area is 233 Å². The monoisotopic (exact) mass is 544 g/mol. The summed E-state index contributed by atoms with van der Waals surface area (Å²) in [7, 11) is 0. The second-order valence-corrected chi connectivity index (χ2v) is 12.2. The van der Waals surface area contributed by atoms with E-state index >= 15 is 0 Å². The van der Waals surface area contributed by atoms with Crippen LogP contribution in [0.1, 0.15) is 84.5 Å². The number of hydrogen-bond donors (Lipinski definition) is 1. The minimum absolute atomic E-state index is 0.0131. The highest BCUT2D eigenvalue weighted by Crippen LogP contribution is 2.65. The summed E-state index contributed by atoms with van der Waals surface area (Å²) in [6.45, 7) is 12.8. The van der Waals surface area contributed by atoms with Crippen LogP contribution < -0.4 is 0 Å². The molecule has 2 bridgehead atoms. The van der Waals surface area contributed by atoms with Gasteiger partial charge in [-0.1, -0.05) is 51.2 Å². The van der Waals surface area contributed by atoms with Crippen LogP contribution >= 0.6 is 0 Å². The molecule has 218 valence electrons. The molecule has 4 aliphatic rings. The molecule has 39 heavy (non-hydrogen) atoms. The predicted octanol–water partition coefficient (Wildman–Crippen LogP) is 4.02. The van der Waals surface area contributed by atoms with Crippen molar-refractivity contribution in [3.63, 3.8) is 0 Å². The average Bonchev–Trinajstić information content (AvgIpc) is 3.44. The largest absolute Gasteiger partial charge is 0.465 e. The van der Waals surface area contributed by atoms with Gasteiger partial charge in [-0.2, -0.15) is 0 Å². The summed E-state index contributed by atoms with van der Waals surface area (Å²) < 4.78 is 12.5. The number of esters is 1. The van der Waals surface area contributed by atoms with Crippen LogP contribution in [-0.4, -0.2) is 82.3 Å². The van der Waals surface area contributed by atoms with E-state index in [1.165, 1.54) is 6.42 Å². The highest BCUT2D eigenvalue weighted by atomic mass is 16.6. The fourth-order valence-corrected chi connectivity index (χ4v) is 7.80. The Morgan fingerprint density at radius 3 is 2.54 bits per heavy atom. The molecule has 3 heterocycles. The Balaban J connectivity index is 1.69. The van der Waals surface area contributed by atoms with Gasteiger partial charge in [-0.05, 0) is 51.4 Å². The fourth-order valence-electron chi connectivity index (χ4n) is 7.80. The summed E-state index contributed by atoms with van der Waals surface area (Å²) in [6, 6.07) is -0.655. The first-order valence-electron chi connectivity index (χ1n) is 15.1. The van der Waals surface area contributed by atoms with Crippen LogP contribution in [0.25, 0.3) is 0 Å². The number of carbonyl (C=O) groups excluding carboxylic acids is 3. The number of aliphatic hydroxyl groups is 1. The Morgan fingerprint density at radius 2 is 1.87 bits per heavy atom. The van der Waals surface area contributed by atoms with Crippen LogP contribution in [0.3, 0.4) is 0 Å². The molecule has 2 amide bonds. The van der Waals surface area contributed by atoms with Crippen molar-refractivity contribution in [2.75, 3.05) is 26.3 Å². The number of ether oxygens (including phenoxy) is 2. The highest BCUT2D eigenvalue weighted by Gasteiger charge is 2.80. The number of fused-ring (bicyclic) bond motifs is 1. The smallest absolute Gasteiger partial charge is 0.312 e. The zero-order chi connectivity index (χ0) is 28.2. The zero-order valence-electron chi connectivity index (χ0n) is 23.9. The van der Waals surface area contributed by atoms with Gasteiger partial charge in [-0.3, -0.25) is 14.4 Å². The topological polar surface area (TPSA) is 96.4 Å². The van der Waals surface area contributed by atoms with Gasteiger partial charge in [-0.15, -0.1) is 13.2 Å². The minimum atomic E-state index is -1.05. The zero-order valence-corrected chi connectivity index (χ0v) is 23.9. The number of nitrogens with zero attached hydrogens (tertiary/aromatic N) is 2. The highest BCUT2D eigenvalue weighted by molar-refractivity contribution is 5.98. The van der Waals surface area contributed by atoms with Gasteiger partial charge in [-0.25, -0.2) is 0 Å². The van der Waals surface area contributed by atoms with Gasteiger partial charge in [0.1, 0.15) is 17.6 Å². The molecule has 0 radical (unpaired) electrons. The van der Waals surface area contributed by atoms with Crippen LogP contribution in [0.4, 0.5) is 0 Å². The standard InChI is InChI=1S/C31H48N2O6/c1-5-7-20-38-29(37)25-24-27(35)33(18-13-8-9-14-19-34)26(31(24)21-22(3)30(25,4)39-31)28(36)32(17-6-2)23-15-11-10-12-16-23/h5-6,22-26,34H,1-2,7-21H2,3-4H3/t22?,24-,25-,26?,30+,31?/m0/s1. The van der Waals surface area contributed by atoms with Crippen LogP contribution in [0.15, 0.2) is 25.3 Å². The fraction of sp³-hybridized carbons (Fsp3) is 0.774. The van der Waals surface area contributed by atoms with Crippen molar-refractivity contribution >= 4 is 17.8 Å². The van der Waals surface area contributed by atoms with Gasteiger partial charge in [0, 0.05) is 25.7 Å². The summed E-state index contributed by atoms with van der Waals surface area (Å²) in [4.78, 5) is 46.0. The van der Waals surface area contributed by atoms with Crippen molar-refractivity contribution < 1.29 is 29.0 Å². The lowest BCUT2D eigenvalue weighted by Crippen LogP contribution is -2.58. The van der Waals surface area contributed by atoms with Crippen molar-refractivity contribution in [3.8, 4) is 0 Å². The molecule has 4 fully saturated rings. The van der Waals surface area contributed by atoms with Gasteiger partial charge in [0.05, 0.1) is 18.1 Å². The van der Waals surface area contributed by atoms with Crippen molar-refractivity contribution in [3.05, 3.63) is 25.3 Å². The summed E-state index contributed by atoms with van der Waals surface area (Å²) >= 11 is 0. The molecule has 3 aliphatic heterocycles. The normalized spacial score (nSPS) is 33.7. The summed E-state index contributed by atoms with van der Waals surface area (Å²) in [5.74, 6) is -2.17. The first-order chi connectivity index (χ1) is 18.8. The van der Waals surface area contributed by atoms with E-state index in [0.29, 0.717) is 25.9 Å². The van der Waals surface area contributed by atoms with E-state index in [4.69, 9.17) is 14.6 Å².